The Balaban J connectivity index is 1.77. The van der Waals surface area contributed by atoms with Crippen molar-refractivity contribution in [3.05, 3.63) is 10.1 Å². The molecule has 1 saturated heterocycles. The first-order valence-corrected chi connectivity index (χ1v) is 8.03. The largest absolute Gasteiger partial charge is 0.354 e. The molecule has 0 spiro atoms. The van der Waals surface area contributed by atoms with Gasteiger partial charge < -0.3 is 15.5 Å². The SMILES string of the molecule is O=C1N[C@H](C(=O)NC[C@@H]2CCCC[C@@H]2CO[N+](=O)[O-])CS1. The van der Waals surface area contributed by atoms with Gasteiger partial charge in [-0.25, -0.2) is 0 Å². The van der Waals surface area contributed by atoms with Crippen LogP contribution in [0.5, 0.6) is 0 Å². The van der Waals surface area contributed by atoms with Crippen molar-refractivity contribution in [3.8, 4) is 0 Å². The van der Waals surface area contributed by atoms with Crippen LogP contribution in [0, 0.1) is 22.0 Å². The normalized spacial score (nSPS) is 28.8. The third-order valence-corrected chi connectivity index (χ3v) is 4.87. The molecular weight excluding hydrogens is 298 g/mol. The fraction of sp³-hybridized carbons (Fsp3) is 0.833. The highest BCUT2D eigenvalue weighted by Crippen LogP contribution is 2.30. The molecule has 2 amide bonds. The molecule has 1 aliphatic heterocycles. The monoisotopic (exact) mass is 317 g/mol. The minimum Gasteiger partial charge on any atom is -0.354 e. The van der Waals surface area contributed by atoms with Crippen molar-refractivity contribution in [1.82, 2.24) is 10.6 Å². The lowest BCUT2D eigenvalue weighted by Gasteiger charge is -2.31. The minimum atomic E-state index is -0.768. The van der Waals surface area contributed by atoms with Gasteiger partial charge >= 0.3 is 0 Å². The number of amides is 2. The highest BCUT2D eigenvalue weighted by atomic mass is 32.2. The Morgan fingerprint density at radius 1 is 1.43 bits per heavy atom. The van der Waals surface area contributed by atoms with Crippen molar-refractivity contribution in [2.45, 2.75) is 31.7 Å². The summed E-state index contributed by atoms with van der Waals surface area (Å²) in [5, 5.41) is 14.8. The predicted octanol–water partition coefficient (Wildman–Crippen LogP) is 0.942. The van der Waals surface area contributed by atoms with Crippen LogP contribution in [0.4, 0.5) is 4.79 Å². The molecule has 0 bridgehead atoms. The first-order valence-electron chi connectivity index (χ1n) is 7.04. The van der Waals surface area contributed by atoms with Crippen molar-refractivity contribution in [2.24, 2.45) is 11.8 Å². The van der Waals surface area contributed by atoms with E-state index in [-0.39, 0.29) is 29.6 Å². The lowest BCUT2D eigenvalue weighted by molar-refractivity contribution is -0.759. The summed E-state index contributed by atoms with van der Waals surface area (Å²) in [6.07, 6.45) is 3.90. The van der Waals surface area contributed by atoms with Gasteiger partial charge in [0.2, 0.25) is 5.91 Å². The molecule has 1 saturated carbocycles. The highest BCUT2D eigenvalue weighted by Gasteiger charge is 2.30. The fourth-order valence-corrected chi connectivity index (χ4v) is 3.59. The summed E-state index contributed by atoms with van der Waals surface area (Å²) in [4.78, 5) is 37.8. The zero-order valence-corrected chi connectivity index (χ0v) is 12.4. The number of thioether (sulfide) groups is 1. The summed E-state index contributed by atoms with van der Waals surface area (Å²) in [5.41, 5.74) is 0. The van der Waals surface area contributed by atoms with E-state index in [0.717, 1.165) is 37.4 Å². The van der Waals surface area contributed by atoms with Gasteiger partial charge in [-0.2, -0.15) is 0 Å². The molecule has 1 aliphatic carbocycles. The second-order valence-corrected chi connectivity index (χ2v) is 6.36. The quantitative estimate of drug-likeness (QED) is 0.557. The summed E-state index contributed by atoms with van der Waals surface area (Å²) < 4.78 is 0. The Hall–Kier alpha value is -1.51. The van der Waals surface area contributed by atoms with E-state index < -0.39 is 11.1 Å². The van der Waals surface area contributed by atoms with Gasteiger partial charge in [-0.15, -0.1) is 10.1 Å². The number of nitrogens with one attached hydrogen (secondary N) is 2. The Labute approximate surface area is 126 Å². The Kier molecular flexibility index (Phi) is 5.66. The summed E-state index contributed by atoms with van der Waals surface area (Å²) >= 11 is 1.10. The van der Waals surface area contributed by atoms with Crippen molar-refractivity contribution >= 4 is 22.9 Å². The van der Waals surface area contributed by atoms with Crippen LogP contribution in [0.2, 0.25) is 0 Å². The van der Waals surface area contributed by atoms with Crippen LogP contribution in [0.3, 0.4) is 0 Å². The van der Waals surface area contributed by atoms with E-state index in [9.17, 15) is 19.7 Å². The average molecular weight is 317 g/mol. The Bertz CT molecular complexity index is 420. The maximum atomic E-state index is 11.9. The molecule has 9 heteroatoms. The second kappa shape index (κ2) is 7.48. The van der Waals surface area contributed by atoms with Gasteiger partial charge in [-0.3, -0.25) is 9.59 Å². The molecule has 0 aromatic carbocycles. The summed E-state index contributed by atoms with van der Waals surface area (Å²) in [7, 11) is 0. The van der Waals surface area contributed by atoms with Gasteiger partial charge in [0.1, 0.15) is 6.04 Å². The molecule has 3 atom stereocenters. The molecule has 0 radical (unpaired) electrons. The highest BCUT2D eigenvalue weighted by molar-refractivity contribution is 8.14. The molecule has 21 heavy (non-hydrogen) atoms. The minimum absolute atomic E-state index is 0.0869. The van der Waals surface area contributed by atoms with E-state index in [1.807, 2.05) is 0 Å². The summed E-state index contributed by atoms with van der Waals surface area (Å²) in [6, 6.07) is -0.473. The molecule has 1 heterocycles. The molecule has 2 rings (SSSR count). The van der Waals surface area contributed by atoms with Crippen LogP contribution in [0.25, 0.3) is 0 Å². The molecule has 0 unspecified atom stereocenters. The van der Waals surface area contributed by atoms with Crippen LogP contribution in [0.15, 0.2) is 0 Å². The first-order chi connectivity index (χ1) is 10.1. The maximum Gasteiger partial charge on any atom is 0.294 e. The number of hydrogen-bond acceptors (Lipinski definition) is 6. The van der Waals surface area contributed by atoms with E-state index in [0.29, 0.717) is 12.3 Å². The van der Waals surface area contributed by atoms with Gasteiger partial charge in [-0.05, 0) is 24.7 Å². The van der Waals surface area contributed by atoms with E-state index >= 15 is 0 Å². The number of rotatable bonds is 6. The molecule has 8 nitrogen and oxygen atoms in total. The molecule has 0 aromatic heterocycles. The predicted molar refractivity (Wildman–Crippen MR) is 76.2 cm³/mol. The zero-order chi connectivity index (χ0) is 15.2. The fourth-order valence-electron chi connectivity index (χ4n) is 2.81. The zero-order valence-electron chi connectivity index (χ0n) is 11.6. The number of hydrogen-bond donors (Lipinski definition) is 2. The van der Waals surface area contributed by atoms with Crippen molar-refractivity contribution in [3.63, 3.8) is 0 Å². The Morgan fingerprint density at radius 3 is 2.76 bits per heavy atom. The Morgan fingerprint density at radius 2 is 2.14 bits per heavy atom. The third kappa shape index (κ3) is 4.76. The van der Waals surface area contributed by atoms with Gasteiger partial charge in [0, 0.05) is 12.3 Å². The van der Waals surface area contributed by atoms with Gasteiger partial charge in [0.15, 0.2) is 0 Å². The molecule has 2 aliphatic rings. The van der Waals surface area contributed by atoms with Gasteiger partial charge in [0.25, 0.3) is 10.3 Å². The number of carbonyl (C=O) groups is 2. The summed E-state index contributed by atoms with van der Waals surface area (Å²) in [6.45, 7) is 0.561. The van der Waals surface area contributed by atoms with Crippen LogP contribution in [-0.4, -0.2) is 41.2 Å². The maximum absolute atomic E-state index is 11.9. The first kappa shape index (κ1) is 15.9. The molecule has 118 valence electrons. The molecular formula is C12H19N3O5S. The molecule has 0 aromatic rings. The van der Waals surface area contributed by atoms with Gasteiger partial charge in [0.05, 0.1) is 6.61 Å². The van der Waals surface area contributed by atoms with Gasteiger partial charge in [-0.1, -0.05) is 24.6 Å². The van der Waals surface area contributed by atoms with Crippen LogP contribution in [-0.2, 0) is 9.63 Å². The number of carbonyl (C=O) groups excluding carboxylic acids is 2. The average Bonchev–Trinajstić information content (AvgIpc) is 2.90. The smallest absolute Gasteiger partial charge is 0.294 e. The van der Waals surface area contributed by atoms with E-state index in [1.165, 1.54) is 0 Å². The molecule has 2 fully saturated rings. The van der Waals surface area contributed by atoms with E-state index in [1.54, 1.807) is 0 Å². The summed E-state index contributed by atoms with van der Waals surface area (Å²) in [5.74, 6) is 0.542. The lowest BCUT2D eigenvalue weighted by atomic mass is 9.79. The van der Waals surface area contributed by atoms with E-state index in [2.05, 4.69) is 15.5 Å². The van der Waals surface area contributed by atoms with Crippen molar-refractivity contribution in [2.75, 3.05) is 18.9 Å². The van der Waals surface area contributed by atoms with Crippen molar-refractivity contribution in [1.29, 1.82) is 0 Å². The number of nitrogens with zero attached hydrogens (tertiary/aromatic N) is 1. The van der Waals surface area contributed by atoms with E-state index in [4.69, 9.17) is 0 Å². The van der Waals surface area contributed by atoms with Crippen LogP contribution < -0.4 is 10.6 Å². The van der Waals surface area contributed by atoms with Crippen LogP contribution >= 0.6 is 11.8 Å². The third-order valence-electron chi connectivity index (χ3n) is 3.99. The topological polar surface area (TPSA) is 111 Å². The molecule has 2 N–H and O–H groups in total. The lowest BCUT2D eigenvalue weighted by Crippen LogP contribution is -2.45. The standard InChI is InChI=1S/C12H19N3O5S/c16-11(10-7-21-12(17)14-10)13-5-8-3-1-2-4-9(8)6-20-15(18)19/h8-10H,1-7H2,(H,13,16)(H,14,17)/t8-,9+,10-/m0/s1. The van der Waals surface area contributed by atoms with Crippen LogP contribution in [0.1, 0.15) is 25.7 Å². The van der Waals surface area contributed by atoms with Crippen molar-refractivity contribution < 1.29 is 19.5 Å². The second-order valence-electron chi connectivity index (χ2n) is 5.36.